The molecule has 0 N–H and O–H groups in total. The number of ether oxygens (including phenoxy) is 1. The molecule has 0 spiro atoms. The number of rotatable bonds is 8. The molecular formula is C27H34N2O2. The molecule has 1 fully saturated rings. The highest BCUT2D eigenvalue weighted by atomic mass is 16.5. The molecule has 1 amide bonds. The Morgan fingerprint density at radius 3 is 2.65 bits per heavy atom. The van der Waals surface area contributed by atoms with E-state index in [1.165, 1.54) is 61.9 Å². The molecule has 2 heterocycles. The van der Waals surface area contributed by atoms with Gasteiger partial charge in [-0.1, -0.05) is 43.2 Å². The molecule has 2 aromatic carbocycles. The highest BCUT2D eigenvalue weighted by Gasteiger charge is 2.38. The van der Waals surface area contributed by atoms with E-state index in [0.29, 0.717) is 12.0 Å². The molecule has 0 unspecified atom stereocenters. The predicted octanol–water partition coefficient (Wildman–Crippen LogP) is 5.02. The zero-order valence-electron chi connectivity index (χ0n) is 18.7. The van der Waals surface area contributed by atoms with Gasteiger partial charge in [-0.3, -0.25) is 9.69 Å². The highest BCUT2D eigenvalue weighted by molar-refractivity contribution is 5.98. The summed E-state index contributed by atoms with van der Waals surface area (Å²) in [6.45, 7) is 4.12. The van der Waals surface area contributed by atoms with Gasteiger partial charge in [0, 0.05) is 30.6 Å². The van der Waals surface area contributed by atoms with Crippen LogP contribution in [0.1, 0.15) is 71.5 Å². The standard InChI is InChI=1S/C27H34N2O2/c1-31-26-12-8-11-22-23-15-18-28(25(23)14-13-24(22)26)16-6-2-3-7-17-29-19-20-9-4-5-10-21(20)27(29)30/h4-5,8-12,23,25H,2-3,6-7,13-19H2,1H3/t23-,25+/m0/s1. The summed E-state index contributed by atoms with van der Waals surface area (Å²) in [6.07, 6.45) is 8.53. The molecule has 0 radical (unpaired) electrons. The summed E-state index contributed by atoms with van der Waals surface area (Å²) in [5.41, 5.74) is 5.07. The average molecular weight is 419 g/mol. The molecule has 5 rings (SSSR count). The number of nitrogens with zero attached hydrogens (tertiary/aromatic N) is 2. The zero-order valence-corrected chi connectivity index (χ0v) is 18.7. The lowest BCUT2D eigenvalue weighted by molar-refractivity contribution is 0.0775. The van der Waals surface area contributed by atoms with Crippen molar-refractivity contribution in [3.63, 3.8) is 0 Å². The second-order valence-corrected chi connectivity index (χ2v) is 9.36. The summed E-state index contributed by atoms with van der Waals surface area (Å²) in [6, 6.07) is 15.3. The number of carbonyl (C=O) groups excluding carboxylic acids is 1. The van der Waals surface area contributed by atoms with Crippen molar-refractivity contribution in [2.45, 2.75) is 63.5 Å². The second-order valence-electron chi connectivity index (χ2n) is 9.36. The van der Waals surface area contributed by atoms with E-state index in [0.717, 1.165) is 37.2 Å². The molecule has 0 saturated carbocycles. The Morgan fingerprint density at radius 2 is 1.81 bits per heavy atom. The van der Waals surface area contributed by atoms with Crippen LogP contribution in [0.15, 0.2) is 42.5 Å². The summed E-state index contributed by atoms with van der Waals surface area (Å²) < 4.78 is 5.61. The molecule has 1 saturated heterocycles. The van der Waals surface area contributed by atoms with Crippen molar-refractivity contribution in [2.75, 3.05) is 26.7 Å². The van der Waals surface area contributed by atoms with Crippen LogP contribution in [0.25, 0.3) is 0 Å². The Kier molecular flexibility index (Phi) is 5.99. The SMILES string of the molecule is COc1cccc2c1CC[C@@H]1[C@H]2CCN1CCCCCCN1Cc2ccccc2C1=O. The molecule has 31 heavy (non-hydrogen) atoms. The third-order valence-corrected chi connectivity index (χ3v) is 7.66. The maximum absolute atomic E-state index is 12.5. The molecule has 3 aliphatic rings. The van der Waals surface area contributed by atoms with Gasteiger partial charge in [0.25, 0.3) is 5.91 Å². The fraction of sp³-hybridized carbons (Fsp3) is 0.519. The molecule has 0 aromatic heterocycles. The average Bonchev–Trinajstić information content (AvgIpc) is 3.37. The van der Waals surface area contributed by atoms with Crippen LogP contribution in [0.4, 0.5) is 0 Å². The van der Waals surface area contributed by atoms with Crippen molar-refractivity contribution in [1.29, 1.82) is 0 Å². The smallest absolute Gasteiger partial charge is 0.254 e. The van der Waals surface area contributed by atoms with Crippen molar-refractivity contribution >= 4 is 5.91 Å². The molecule has 4 nitrogen and oxygen atoms in total. The first kappa shape index (κ1) is 20.6. The quantitative estimate of drug-likeness (QED) is 0.565. The maximum atomic E-state index is 12.5. The number of hydrogen-bond acceptors (Lipinski definition) is 3. The number of fused-ring (bicyclic) bond motifs is 4. The molecule has 2 aliphatic heterocycles. The van der Waals surface area contributed by atoms with Crippen LogP contribution in [-0.4, -0.2) is 48.5 Å². The second kappa shape index (κ2) is 9.04. The number of hydrogen-bond donors (Lipinski definition) is 0. The summed E-state index contributed by atoms with van der Waals surface area (Å²) in [4.78, 5) is 17.2. The van der Waals surface area contributed by atoms with E-state index >= 15 is 0 Å². The van der Waals surface area contributed by atoms with Gasteiger partial charge in [-0.25, -0.2) is 0 Å². The third-order valence-electron chi connectivity index (χ3n) is 7.66. The minimum Gasteiger partial charge on any atom is -0.496 e. The van der Waals surface area contributed by atoms with Crippen molar-refractivity contribution in [2.24, 2.45) is 0 Å². The van der Waals surface area contributed by atoms with Crippen LogP contribution < -0.4 is 4.74 Å². The van der Waals surface area contributed by atoms with Crippen LogP contribution in [0, 0.1) is 0 Å². The van der Waals surface area contributed by atoms with Crippen LogP contribution in [0.5, 0.6) is 5.75 Å². The number of likely N-dealkylation sites (tertiary alicyclic amines) is 1. The van der Waals surface area contributed by atoms with Crippen molar-refractivity contribution < 1.29 is 9.53 Å². The third kappa shape index (κ3) is 3.98. The van der Waals surface area contributed by atoms with Gasteiger partial charge in [-0.15, -0.1) is 0 Å². The lowest BCUT2D eigenvalue weighted by Crippen LogP contribution is -2.35. The lowest BCUT2D eigenvalue weighted by Gasteiger charge is -2.34. The van der Waals surface area contributed by atoms with Crippen LogP contribution >= 0.6 is 0 Å². The Labute approximate surface area is 186 Å². The van der Waals surface area contributed by atoms with Gasteiger partial charge in [-0.2, -0.15) is 0 Å². The van der Waals surface area contributed by atoms with Gasteiger partial charge in [-0.05, 0) is 74.0 Å². The maximum Gasteiger partial charge on any atom is 0.254 e. The van der Waals surface area contributed by atoms with Crippen LogP contribution in [-0.2, 0) is 13.0 Å². The van der Waals surface area contributed by atoms with E-state index in [-0.39, 0.29) is 5.91 Å². The van der Waals surface area contributed by atoms with Crippen molar-refractivity contribution in [1.82, 2.24) is 9.80 Å². The van der Waals surface area contributed by atoms with Crippen LogP contribution in [0.2, 0.25) is 0 Å². The van der Waals surface area contributed by atoms with E-state index in [1.807, 2.05) is 23.1 Å². The van der Waals surface area contributed by atoms with Gasteiger partial charge in [0.15, 0.2) is 0 Å². The fourth-order valence-electron chi connectivity index (χ4n) is 6.09. The molecule has 2 atom stereocenters. The van der Waals surface area contributed by atoms with Gasteiger partial charge in [0.1, 0.15) is 5.75 Å². The molecular weight excluding hydrogens is 384 g/mol. The van der Waals surface area contributed by atoms with Gasteiger partial charge in [0.2, 0.25) is 0 Å². The minimum atomic E-state index is 0.216. The van der Waals surface area contributed by atoms with Gasteiger partial charge in [0.05, 0.1) is 7.11 Å². The largest absolute Gasteiger partial charge is 0.496 e. The number of carbonyl (C=O) groups is 1. The molecule has 164 valence electrons. The normalized spacial score (nSPS) is 22.4. The van der Waals surface area contributed by atoms with Gasteiger partial charge >= 0.3 is 0 Å². The fourth-order valence-corrected chi connectivity index (χ4v) is 6.09. The Morgan fingerprint density at radius 1 is 0.968 bits per heavy atom. The first-order valence-electron chi connectivity index (χ1n) is 12.0. The summed E-state index contributed by atoms with van der Waals surface area (Å²) in [5.74, 6) is 1.98. The lowest BCUT2D eigenvalue weighted by atomic mass is 9.79. The summed E-state index contributed by atoms with van der Waals surface area (Å²) >= 11 is 0. The number of amides is 1. The van der Waals surface area contributed by atoms with E-state index in [4.69, 9.17) is 4.74 Å². The first-order chi connectivity index (χ1) is 15.3. The molecule has 1 aliphatic carbocycles. The topological polar surface area (TPSA) is 32.8 Å². The molecule has 4 heteroatoms. The van der Waals surface area contributed by atoms with E-state index in [2.05, 4.69) is 29.2 Å². The molecule has 0 bridgehead atoms. The van der Waals surface area contributed by atoms with Crippen LogP contribution in [0.3, 0.4) is 0 Å². The van der Waals surface area contributed by atoms with Crippen molar-refractivity contribution in [3.05, 3.63) is 64.7 Å². The Balaban J connectivity index is 1.05. The van der Waals surface area contributed by atoms with E-state index < -0.39 is 0 Å². The summed E-state index contributed by atoms with van der Waals surface area (Å²) in [5, 5.41) is 0. The zero-order chi connectivity index (χ0) is 21.2. The number of methoxy groups -OCH3 is 1. The van der Waals surface area contributed by atoms with E-state index in [1.54, 1.807) is 7.11 Å². The predicted molar refractivity (Wildman–Crippen MR) is 124 cm³/mol. The first-order valence-corrected chi connectivity index (χ1v) is 12.0. The minimum absolute atomic E-state index is 0.216. The van der Waals surface area contributed by atoms with Gasteiger partial charge < -0.3 is 9.64 Å². The number of unbranched alkanes of at least 4 members (excludes halogenated alkanes) is 3. The Bertz CT molecular complexity index is 941. The summed E-state index contributed by atoms with van der Waals surface area (Å²) in [7, 11) is 1.79. The molecule has 2 aromatic rings. The highest BCUT2D eigenvalue weighted by Crippen LogP contribution is 2.44. The van der Waals surface area contributed by atoms with Crippen molar-refractivity contribution in [3.8, 4) is 5.75 Å². The monoisotopic (exact) mass is 418 g/mol. The number of benzene rings is 2. The Hall–Kier alpha value is -2.33. The van der Waals surface area contributed by atoms with E-state index in [9.17, 15) is 4.79 Å².